The van der Waals surface area contributed by atoms with Crippen LogP contribution in [0.3, 0.4) is 0 Å². The van der Waals surface area contributed by atoms with Gasteiger partial charge in [-0.3, -0.25) is 4.90 Å². The fourth-order valence-corrected chi connectivity index (χ4v) is 3.25. The van der Waals surface area contributed by atoms with Crippen LogP contribution in [0.2, 0.25) is 0 Å². The summed E-state index contributed by atoms with van der Waals surface area (Å²) in [5, 5.41) is 12.2. The van der Waals surface area contributed by atoms with Crippen molar-refractivity contribution < 1.29 is 19.4 Å². The van der Waals surface area contributed by atoms with E-state index >= 15 is 0 Å². The summed E-state index contributed by atoms with van der Waals surface area (Å²) in [6.45, 7) is 0.742. The highest BCUT2D eigenvalue weighted by molar-refractivity contribution is 6.02. The molecule has 146 valence electrons. The average molecular weight is 389 g/mol. The van der Waals surface area contributed by atoms with Crippen molar-refractivity contribution in [1.29, 1.82) is 0 Å². The molecule has 1 aliphatic heterocycles. The first-order valence-corrected chi connectivity index (χ1v) is 9.18. The molecule has 7 nitrogen and oxygen atoms in total. The largest absolute Gasteiger partial charge is 0.488 e. The smallest absolute Gasteiger partial charge is 0.335 e. The molecule has 2 heterocycles. The zero-order valence-corrected chi connectivity index (χ0v) is 15.5. The van der Waals surface area contributed by atoms with Crippen molar-refractivity contribution in [2.24, 2.45) is 0 Å². The minimum absolute atomic E-state index is 0.259. The number of carbonyl (C=O) groups is 2. The Kier molecular flexibility index (Phi) is 5.11. The first-order chi connectivity index (χ1) is 14.1. The van der Waals surface area contributed by atoms with E-state index in [4.69, 9.17) is 4.74 Å². The molecule has 3 aromatic rings. The number of carboxylic acid groups (broad SMARTS) is 1. The number of benzene rings is 2. The molecule has 0 fully saturated rings. The normalized spacial score (nSPS) is 12.6. The van der Waals surface area contributed by atoms with Crippen LogP contribution in [-0.4, -0.2) is 35.2 Å². The van der Waals surface area contributed by atoms with Crippen molar-refractivity contribution in [1.82, 2.24) is 4.98 Å². The first kappa shape index (κ1) is 18.5. The van der Waals surface area contributed by atoms with E-state index in [-0.39, 0.29) is 11.6 Å². The van der Waals surface area contributed by atoms with Gasteiger partial charge in [0.05, 0.1) is 12.1 Å². The second kappa shape index (κ2) is 8.02. The molecule has 0 spiro atoms. The van der Waals surface area contributed by atoms with Crippen molar-refractivity contribution in [3.63, 3.8) is 0 Å². The van der Waals surface area contributed by atoms with Crippen molar-refractivity contribution in [2.75, 3.05) is 23.4 Å². The monoisotopic (exact) mass is 389 g/mol. The molecular formula is C22H19N3O4. The summed E-state index contributed by atoms with van der Waals surface area (Å²) in [6, 6.07) is 17.6. The number of nitrogens with zero attached hydrogens (tertiary/aromatic N) is 2. The number of hydrogen-bond acceptors (Lipinski definition) is 4. The van der Waals surface area contributed by atoms with Gasteiger partial charge in [0.25, 0.3) is 0 Å². The molecule has 0 saturated carbocycles. The van der Waals surface area contributed by atoms with E-state index < -0.39 is 5.97 Å². The van der Waals surface area contributed by atoms with Crippen LogP contribution in [0.5, 0.6) is 5.75 Å². The Morgan fingerprint density at radius 2 is 1.86 bits per heavy atom. The minimum Gasteiger partial charge on any atom is -0.488 e. The molecule has 2 aromatic carbocycles. The number of amides is 2. The number of nitrogens with one attached hydrogen (secondary N) is 1. The number of carbonyl (C=O) groups excluding carboxylic acids is 1. The maximum atomic E-state index is 12.7. The van der Waals surface area contributed by atoms with E-state index in [1.54, 1.807) is 35.4 Å². The molecule has 0 atom stereocenters. The lowest BCUT2D eigenvalue weighted by atomic mass is 10.0. The van der Waals surface area contributed by atoms with Crippen LogP contribution in [-0.2, 0) is 6.42 Å². The highest BCUT2D eigenvalue weighted by Crippen LogP contribution is 2.31. The fraction of sp³-hybridized carbons (Fsp3) is 0.136. The predicted octanol–water partition coefficient (Wildman–Crippen LogP) is 3.80. The Bertz CT molecular complexity index is 1050. The van der Waals surface area contributed by atoms with E-state index in [2.05, 4.69) is 10.3 Å². The molecule has 0 radical (unpaired) electrons. The fourth-order valence-electron chi connectivity index (χ4n) is 3.25. The summed E-state index contributed by atoms with van der Waals surface area (Å²) < 4.78 is 5.71. The van der Waals surface area contributed by atoms with E-state index in [0.717, 1.165) is 5.56 Å². The van der Waals surface area contributed by atoms with Crippen molar-refractivity contribution in [3.05, 3.63) is 83.6 Å². The number of aromatic nitrogens is 1. The highest BCUT2D eigenvalue weighted by Gasteiger charge is 2.25. The molecule has 4 rings (SSSR count). The standard InChI is InChI=1S/C22H19N3O4/c26-21(27)18-9-5-4-6-16(18)12-15-13-19-20(23-14-15)25(10-11-29-19)22(28)24-17-7-2-1-3-8-17/h1-9,13-14H,10-12H2,(H,24,28)(H,26,27). The van der Waals surface area contributed by atoms with Gasteiger partial charge in [0.1, 0.15) is 6.61 Å². The van der Waals surface area contributed by atoms with Gasteiger partial charge in [-0.2, -0.15) is 0 Å². The number of carboxylic acids is 1. The lowest BCUT2D eigenvalue weighted by Crippen LogP contribution is -2.41. The molecule has 0 bridgehead atoms. The SMILES string of the molecule is O=C(O)c1ccccc1Cc1cnc2c(c1)OCCN2C(=O)Nc1ccccc1. The van der Waals surface area contributed by atoms with Gasteiger partial charge in [-0.25, -0.2) is 14.6 Å². The van der Waals surface area contributed by atoms with Gasteiger partial charge < -0.3 is 15.2 Å². The van der Waals surface area contributed by atoms with E-state index in [9.17, 15) is 14.7 Å². The van der Waals surface area contributed by atoms with Gasteiger partial charge in [-0.1, -0.05) is 36.4 Å². The van der Waals surface area contributed by atoms with Crippen LogP contribution in [0.1, 0.15) is 21.5 Å². The lowest BCUT2D eigenvalue weighted by molar-refractivity contribution is 0.0696. The summed E-state index contributed by atoms with van der Waals surface area (Å²) in [7, 11) is 0. The van der Waals surface area contributed by atoms with E-state index in [1.807, 2.05) is 36.4 Å². The zero-order valence-electron chi connectivity index (χ0n) is 15.5. The second-order valence-corrected chi connectivity index (χ2v) is 6.60. The Labute approximate surface area is 167 Å². The lowest BCUT2D eigenvalue weighted by Gasteiger charge is -2.28. The molecule has 0 saturated heterocycles. The Morgan fingerprint density at radius 3 is 2.66 bits per heavy atom. The number of aromatic carboxylic acids is 1. The Morgan fingerprint density at radius 1 is 1.10 bits per heavy atom. The third-order valence-electron chi connectivity index (χ3n) is 4.63. The minimum atomic E-state index is -0.966. The van der Waals surface area contributed by atoms with Crippen LogP contribution in [0.25, 0.3) is 0 Å². The number of rotatable bonds is 4. The predicted molar refractivity (Wildman–Crippen MR) is 109 cm³/mol. The number of hydrogen-bond donors (Lipinski definition) is 2. The van der Waals surface area contributed by atoms with E-state index in [1.165, 1.54) is 0 Å². The van der Waals surface area contributed by atoms with E-state index in [0.29, 0.717) is 42.4 Å². The maximum absolute atomic E-state index is 12.7. The first-order valence-electron chi connectivity index (χ1n) is 9.18. The van der Waals surface area contributed by atoms with Crippen LogP contribution in [0.15, 0.2) is 66.9 Å². The Hall–Kier alpha value is -3.87. The van der Waals surface area contributed by atoms with Gasteiger partial charge in [0, 0.05) is 11.9 Å². The quantitative estimate of drug-likeness (QED) is 0.708. The number of fused-ring (bicyclic) bond motifs is 1. The van der Waals surface area contributed by atoms with Gasteiger partial charge >= 0.3 is 12.0 Å². The second-order valence-electron chi connectivity index (χ2n) is 6.60. The maximum Gasteiger partial charge on any atom is 0.335 e. The highest BCUT2D eigenvalue weighted by atomic mass is 16.5. The van der Waals surface area contributed by atoms with Crippen LogP contribution >= 0.6 is 0 Å². The zero-order chi connectivity index (χ0) is 20.2. The average Bonchev–Trinajstić information content (AvgIpc) is 2.74. The molecule has 0 aliphatic carbocycles. The van der Waals surface area contributed by atoms with Crippen molar-refractivity contribution >= 4 is 23.5 Å². The van der Waals surface area contributed by atoms with Crippen LogP contribution in [0.4, 0.5) is 16.3 Å². The summed E-state index contributed by atoms with van der Waals surface area (Å²) in [6.07, 6.45) is 2.05. The number of ether oxygens (including phenoxy) is 1. The van der Waals surface area contributed by atoms with Crippen LogP contribution < -0.4 is 15.0 Å². The molecule has 1 aromatic heterocycles. The van der Waals surface area contributed by atoms with Crippen molar-refractivity contribution in [3.8, 4) is 5.75 Å². The van der Waals surface area contributed by atoms with Crippen LogP contribution in [0, 0.1) is 0 Å². The molecule has 29 heavy (non-hydrogen) atoms. The number of pyridine rings is 1. The topological polar surface area (TPSA) is 91.8 Å². The van der Waals surface area contributed by atoms with Gasteiger partial charge in [0.15, 0.2) is 11.6 Å². The molecule has 7 heteroatoms. The van der Waals surface area contributed by atoms with Gasteiger partial charge in [0.2, 0.25) is 0 Å². The summed E-state index contributed by atoms with van der Waals surface area (Å²) in [5.41, 5.74) is 2.46. The van der Waals surface area contributed by atoms with Gasteiger partial charge in [-0.15, -0.1) is 0 Å². The molecule has 1 aliphatic rings. The summed E-state index contributed by atoms with van der Waals surface area (Å²) >= 11 is 0. The van der Waals surface area contributed by atoms with Gasteiger partial charge in [-0.05, 0) is 41.8 Å². The number of urea groups is 1. The third kappa shape index (κ3) is 4.03. The number of para-hydroxylation sites is 1. The molecular weight excluding hydrogens is 370 g/mol. The Balaban J connectivity index is 1.56. The summed E-state index contributed by atoms with van der Waals surface area (Å²) in [4.78, 5) is 30.1. The molecule has 2 N–H and O–H groups in total. The van der Waals surface area contributed by atoms with Crippen molar-refractivity contribution in [2.45, 2.75) is 6.42 Å². The third-order valence-corrected chi connectivity index (χ3v) is 4.63. The molecule has 2 amide bonds. The summed E-state index contributed by atoms with van der Waals surface area (Å²) in [5.74, 6) is -0.0174. The number of anilines is 2. The molecule has 0 unspecified atom stereocenters.